The van der Waals surface area contributed by atoms with Gasteiger partial charge in [-0.1, -0.05) is 45.8 Å². The normalized spacial score (nSPS) is 18.9. The monoisotopic (exact) mass is 208 g/mol. The van der Waals surface area contributed by atoms with E-state index in [-0.39, 0.29) is 0 Å². The first kappa shape index (κ1) is 12.8. The van der Waals surface area contributed by atoms with E-state index >= 15 is 0 Å². The average molecular weight is 208 g/mol. The Morgan fingerprint density at radius 3 is 1.93 bits per heavy atom. The van der Waals surface area contributed by atoms with Gasteiger partial charge in [0.2, 0.25) is 0 Å². The van der Waals surface area contributed by atoms with Gasteiger partial charge in [-0.05, 0) is 49.9 Å². The smallest absolute Gasteiger partial charge is 0.00877 e. The van der Waals surface area contributed by atoms with Crippen LogP contribution >= 0.6 is 0 Å². The average Bonchev–Trinajstić information content (AvgIpc) is 2.85. The van der Waals surface area contributed by atoms with E-state index in [1.54, 1.807) is 0 Å². The second-order valence-electron chi connectivity index (χ2n) is 6.05. The molecule has 0 aromatic heterocycles. The second-order valence-corrected chi connectivity index (χ2v) is 6.05. The van der Waals surface area contributed by atoms with Crippen LogP contribution in [0.2, 0.25) is 0 Å². The van der Waals surface area contributed by atoms with Gasteiger partial charge in [0, 0.05) is 0 Å². The van der Waals surface area contributed by atoms with Gasteiger partial charge in [-0.15, -0.1) is 0 Å². The zero-order chi connectivity index (χ0) is 11.5. The Kier molecular flexibility index (Phi) is 4.03. The maximum atomic E-state index is 4.19. The molecule has 0 spiro atoms. The first-order valence-electron chi connectivity index (χ1n) is 6.64. The van der Waals surface area contributed by atoms with Gasteiger partial charge in [-0.2, -0.15) is 0 Å². The van der Waals surface area contributed by atoms with Gasteiger partial charge in [0.05, 0.1) is 0 Å². The Labute approximate surface area is 96.2 Å². The predicted molar refractivity (Wildman–Crippen MR) is 69.0 cm³/mol. The van der Waals surface area contributed by atoms with Crippen molar-refractivity contribution >= 4 is 0 Å². The fraction of sp³-hybridized carbons (Fsp3) is 0.867. The number of hydrogen-bond donors (Lipinski definition) is 0. The van der Waals surface area contributed by atoms with Gasteiger partial charge < -0.3 is 0 Å². The van der Waals surface area contributed by atoms with Gasteiger partial charge >= 0.3 is 0 Å². The highest BCUT2D eigenvalue weighted by atomic mass is 14.5. The molecule has 0 heteroatoms. The van der Waals surface area contributed by atoms with Crippen LogP contribution in [-0.2, 0) is 0 Å². The topological polar surface area (TPSA) is 0 Å². The molecular formula is C15H28. The van der Waals surface area contributed by atoms with Crippen LogP contribution in [0.15, 0.2) is 12.2 Å². The molecule has 0 heterocycles. The highest BCUT2D eigenvalue weighted by molar-refractivity contribution is 5.17. The van der Waals surface area contributed by atoms with Crippen LogP contribution in [0.4, 0.5) is 0 Å². The molecule has 0 atom stereocenters. The summed E-state index contributed by atoms with van der Waals surface area (Å²) in [6.07, 6.45) is 9.59. The molecule has 0 bridgehead atoms. The highest BCUT2D eigenvalue weighted by Crippen LogP contribution is 2.59. The van der Waals surface area contributed by atoms with E-state index in [4.69, 9.17) is 0 Å². The van der Waals surface area contributed by atoms with Crippen molar-refractivity contribution < 1.29 is 0 Å². The van der Waals surface area contributed by atoms with Crippen LogP contribution in [0.1, 0.15) is 72.6 Å². The van der Waals surface area contributed by atoms with Crippen LogP contribution in [-0.4, -0.2) is 0 Å². The Hall–Kier alpha value is -0.260. The molecule has 0 aromatic rings. The molecule has 1 fully saturated rings. The van der Waals surface area contributed by atoms with Crippen molar-refractivity contribution in [2.75, 3.05) is 0 Å². The second kappa shape index (κ2) is 4.72. The van der Waals surface area contributed by atoms with Crippen LogP contribution in [0.3, 0.4) is 0 Å². The summed E-state index contributed by atoms with van der Waals surface area (Å²) in [6.45, 7) is 13.5. The fourth-order valence-electron chi connectivity index (χ4n) is 3.23. The summed E-state index contributed by atoms with van der Waals surface area (Å²) in [7, 11) is 0. The molecule has 0 radical (unpaired) electrons. The summed E-state index contributed by atoms with van der Waals surface area (Å²) < 4.78 is 0. The van der Waals surface area contributed by atoms with E-state index in [1.165, 1.54) is 50.5 Å². The lowest BCUT2D eigenvalue weighted by Gasteiger charge is -2.34. The molecule has 0 amide bonds. The first-order valence-corrected chi connectivity index (χ1v) is 6.64. The summed E-state index contributed by atoms with van der Waals surface area (Å²) >= 11 is 0. The third-order valence-corrected chi connectivity index (χ3v) is 4.23. The van der Waals surface area contributed by atoms with Crippen molar-refractivity contribution in [3.05, 3.63) is 12.2 Å². The minimum absolute atomic E-state index is 0.541. The minimum atomic E-state index is 0.541. The third kappa shape index (κ3) is 3.09. The summed E-state index contributed by atoms with van der Waals surface area (Å²) in [5.41, 5.74) is 2.54. The third-order valence-electron chi connectivity index (χ3n) is 4.23. The number of rotatable bonds is 7. The highest BCUT2D eigenvalue weighted by Gasteiger charge is 2.47. The van der Waals surface area contributed by atoms with Crippen LogP contribution in [0.25, 0.3) is 0 Å². The van der Waals surface area contributed by atoms with Gasteiger partial charge in [-0.25, -0.2) is 0 Å². The molecule has 88 valence electrons. The Morgan fingerprint density at radius 2 is 1.67 bits per heavy atom. The molecule has 0 N–H and O–H groups in total. The minimum Gasteiger partial charge on any atom is -0.0996 e. The van der Waals surface area contributed by atoms with Crippen molar-refractivity contribution in [1.82, 2.24) is 0 Å². The molecule has 1 aliphatic rings. The largest absolute Gasteiger partial charge is 0.0996 e. The van der Waals surface area contributed by atoms with Crippen molar-refractivity contribution in [2.45, 2.75) is 72.6 Å². The summed E-state index contributed by atoms with van der Waals surface area (Å²) in [6, 6.07) is 0. The lowest BCUT2D eigenvalue weighted by Crippen LogP contribution is -2.22. The van der Waals surface area contributed by atoms with Gasteiger partial charge in [-0.3, -0.25) is 0 Å². The standard InChI is InChI=1S/C15H28/c1-6-8-14(5,9-7-2)12-15(10-11-15)13(3)4/h3,6-12H2,1-2,4-5H3. The van der Waals surface area contributed by atoms with Crippen LogP contribution in [0.5, 0.6) is 0 Å². The van der Waals surface area contributed by atoms with Gasteiger partial charge in [0.15, 0.2) is 0 Å². The van der Waals surface area contributed by atoms with Gasteiger partial charge in [0.1, 0.15) is 0 Å². The van der Waals surface area contributed by atoms with E-state index in [2.05, 4.69) is 34.3 Å². The Bertz CT molecular complexity index is 214. The fourth-order valence-corrected chi connectivity index (χ4v) is 3.23. The summed E-state index contributed by atoms with van der Waals surface area (Å²) in [4.78, 5) is 0. The Balaban J connectivity index is 2.62. The predicted octanol–water partition coefficient (Wildman–Crippen LogP) is 5.34. The summed E-state index contributed by atoms with van der Waals surface area (Å²) in [5.74, 6) is 0. The molecule has 0 nitrogen and oxygen atoms in total. The van der Waals surface area contributed by atoms with Crippen molar-refractivity contribution in [3.8, 4) is 0 Å². The van der Waals surface area contributed by atoms with Crippen molar-refractivity contribution in [1.29, 1.82) is 0 Å². The van der Waals surface area contributed by atoms with Crippen LogP contribution in [0, 0.1) is 10.8 Å². The summed E-state index contributed by atoms with van der Waals surface area (Å²) in [5, 5.41) is 0. The van der Waals surface area contributed by atoms with E-state index in [1.807, 2.05) is 0 Å². The first-order chi connectivity index (χ1) is 6.98. The number of hydrogen-bond acceptors (Lipinski definition) is 0. The molecule has 15 heavy (non-hydrogen) atoms. The molecular weight excluding hydrogens is 180 g/mol. The van der Waals surface area contributed by atoms with Crippen molar-refractivity contribution in [3.63, 3.8) is 0 Å². The molecule has 0 unspecified atom stereocenters. The lowest BCUT2D eigenvalue weighted by molar-refractivity contribution is 0.203. The maximum absolute atomic E-state index is 4.19. The Morgan fingerprint density at radius 1 is 1.20 bits per heavy atom. The molecule has 1 rings (SSSR count). The quantitative estimate of drug-likeness (QED) is 0.495. The SMILES string of the molecule is C=C(C)C1(CC(C)(CCC)CCC)CC1. The van der Waals surface area contributed by atoms with E-state index in [0.717, 1.165) is 0 Å². The number of allylic oxidation sites excluding steroid dienone is 1. The van der Waals surface area contributed by atoms with E-state index in [0.29, 0.717) is 10.8 Å². The molecule has 0 saturated heterocycles. The molecule has 0 aliphatic heterocycles. The van der Waals surface area contributed by atoms with E-state index < -0.39 is 0 Å². The zero-order valence-corrected chi connectivity index (χ0v) is 11.2. The van der Waals surface area contributed by atoms with Crippen LogP contribution < -0.4 is 0 Å². The molecule has 0 aromatic carbocycles. The van der Waals surface area contributed by atoms with E-state index in [9.17, 15) is 0 Å². The molecule has 1 saturated carbocycles. The van der Waals surface area contributed by atoms with Crippen molar-refractivity contribution in [2.24, 2.45) is 10.8 Å². The molecule has 1 aliphatic carbocycles. The maximum Gasteiger partial charge on any atom is -0.00877 e. The van der Waals surface area contributed by atoms with Gasteiger partial charge in [0.25, 0.3) is 0 Å². The zero-order valence-electron chi connectivity index (χ0n) is 11.2. The lowest BCUT2D eigenvalue weighted by atomic mass is 9.71.